The molecule has 2 aromatic rings. The summed E-state index contributed by atoms with van der Waals surface area (Å²) in [5.74, 6) is 5.89. The maximum absolute atomic E-state index is 6.94. The van der Waals surface area contributed by atoms with E-state index in [1.807, 2.05) is 67.6 Å². The van der Waals surface area contributed by atoms with E-state index < -0.39 is 7.63 Å². The molecule has 0 bridgehead atoms. The van der Waals surface area contributed by atoms with Crippen LogP contribution in [0.3, 0.4) is 0 Å². The predicted octanol–water partition coefficient (Wildman–Crippen LogP) is 2.91. The van der Waals surface area contributed by atoms with Gasteiger partial charge in [0.1, 0.15) is 0 Å². The smallest absolute Gasteiger partial charge is 0.355 e. The van der Waals surface area contributed by atoms with Crippen LogP contribution in [0.4, 0.5) is 0 Å². The Labute approximate surface area is 126 Å². The van der Waals surface area contributed by atoms with Gasteiger partial charge >= 0.3 is 7.63 Å². The first kappa shape index (κ1) is 14.9. The van der Waals surface area contributed by atoms with Crippen molar-refractivity contribution in [2.45, 2.75) is 13.3 Å². The number of halogens is 1. The van der Waals surface area contributed by atoms with E-state index in [0.717, 1.165) is 10.4 Å². The van der Waals surface area contributed by atoms with Crippen LogP contribution in [0.1, 0.15) is 13.3 Å². The van der Waals surface area contributed by atoms with Gasteiger partial charge in [0.05, 0.1) is 0 Å². The highest BCUT2D eigenvalue weighted by molar-refractivity contribution is 7.30. The van der Waals surface area contributed by atoms with E-state index in [2.05, 4.69) is 11.8 Å². The molecule has 3 heteroatoms. The molecule has 0 unspecified atom stereocenters. The summed E-state index contributed by atoms with van der Waals surface area (Å²) in [7, 11) is -2.65. The van der Waals surface area contributed by atoms with E-state index >= 15 is 0 Å². The molecule has 0 saturated heterocycles. The van der Waals surface area contributed by atoms with Crippen molar-refractivity contribution in [3.05, 3.63) is 60.7 Å². The first-order chi connectivity index (χ1) is 9.77. The summed E-state index contributed by atoms with van der Waals surface area (Å²) in [5.41, 5.74) is 0. The molecule has 0 amide bonds. The van der Waals surface area contributed by atoms with Crippen LogP contribution < -0.4 is 10.4 Å². The van der Waals surface area contributed by atoms with Gasteiger partial charge in [0.25, 0.3) is 0 Å². The Morgan fingerprint density at radius 2 is 1.45 bits per heavy atom. The lowest BCUT2D eigenvalue weighted by Crippen LogP contribution is -2.56. The van der Waals surface area contributed by atoms with Crippen LogP contribution in [0.5, 0.6) is 0 Å². The van der Waals surface area contributed by atoms with Crippen LogP contribution in [0.2, 0.25) is 0 Å². The average molecular weight is 301 g/mol. The molecule has 102 valence electrons. The van der Waals surface area contributed by atoms with Crippen LogP contribution in [-0.4, -0.2) is 14.2 Å². The molecule has 0 aromatic heterocycles. The fraction of sp³-hybridized carbons (Fsp3) is 0.176. The van der Waals surface area contributed by atoms with Gasteiger partial charge in [-0.25, -0.2) is 0 Å². The fourth-order valence-electron chi connectivity index (χ4n) is 2.01. The van der Waals surface area contributed by atoms with Crippen molar-refractivity contribution in [3.8, 4) is 11.8 Å². The minimum Gasteiger partial charge on any atom is -0.396 e. The van der Waals surface area contributed by atoms with Crippen molar-refractivity contribution in [2.24, 2.45) is 0 Å². The van der Waals surface area contributed by atoms with Crippen molar-refractivity contribution < 1.29 is 4.43 Å². The molecule has 1 nitrogen and oxygen atoms in total. The number of hydrogen-bond acceptors (Lipinski definition) is 1. The Kier molecular flexibility index (Phi) is 5.43. The molecule has 20 heavy (non-hydrogen) atoms. The van der Waals surface area contributed by atoms with Gasteiger partial charge in [-0.1, -0.05) is 60.7 Å². The zero-order valence-corrected chi connectivity index (χ0v) is 13.2. The summed E-state index contributed by atoms with van der Waals surface area (Å²) in [6, 6.07) is 20.1. The van der Waals surface area contributed by atoms with Gasteiger partial charge < -0.3 is 4.43 Å². The molecule has 0 heterocycles. The standard InChI is InChI=1S/C17H17ClOSi/c1-2-3-10-15-19-20(18,16-11-6-4-7-12-16)17-13-8-5-9-14-17/h4-9,11-14H,10,15H2,1H3. The Morgan fingerprint density at radius 3 is 1.90 bits per heavy atom. The van der Waals surface area contributed by atoms with Crippen LogP contribution in [0.25, 0.3) is 0 Å². The third kappa shape index (κ3) is 3.52. The zero-order valence-electron chi connectivity index (χ0n) is 11.5. The largest absolute Gasteiger partial charge is 0.396 e. The van der Waals surface area contributed by atoms with Gasteiger partial charge in [-0.15, -0.1) is 22.9 Å². The lowest BCUT2D eigenvalue weighted by Gasteiger charge is -2.25. The molecule has 2 rings (SSSR count). The minimum atomic E-state index is -2.65. The van der Waals surface area contributed by atoms with Crippen molar-refractivity contribution in [2.75, 3.05) is 6.61 Å². The van der Waals surface area contributed by atoms with Gasteiger partial charge in [0.2, 0.25) is 0 Å². The second kappa shape index (κ2) is 7.30. The maximum Gasteiger partial charge on any atom is 0.355 e. The van der Waals surface area contributed by atoms with Crippen molar-refractivity contribution in [3.63, 3.8) is 0 Å². The Bertz CT molecular complexity index is 547. The molecule has 0 saturated carbocycles. The Balaban J connectivity index is 2.30. The van der Waals surface area contributed by atoms with E-state index in [-0.39, 0.29) is 0 Å². The first-order valence-corrected chi connectivity index (χ1v) is 9.53. The molecule has 0 radical (unpaired) electrons. The number of rotatable bonds is 5. The molecule has 0 N–H and O–H groups in total. The fourth-order valence-corrected chi connectivity index (χ4v) is 5.29. The summed E-state index contributed by atoms with van der Waals surface area (Å²) in [5, 5.41) is 2.13. The van der Waals surface area contributed by atoms with Crippen LogP contribution in [0, 0.1) is 11.8 Å². The second-order valence-corrected chi connectivity index (χ2v) is 8.58. The average Bonchev–Trinajstić information content (AvgIpc) is 2.53. The minimum absolute atomic E-state index is 0.556. The van der Waals surface area contributed by atoms with E-state index in [0.29, 0.717) is 13.0 Å². The van der Waals surface area contributed by atoms with Gasteiger partial charge in [-0.05, 0) is 17.3 Å². The summed E-state index contributed by atoms with van der Waals surface area (Å²) < 4.78 is 6.11. The van der Waals surface area contributed by atoms with Gasteiger partial charge in [0.15, 0.2) is 0 Å². The second-order valence-electron chi connectivity index (χ2n) is 4.35. The monoisotopic (exact) mass is 300 g/mol. The van der Waals surface area contributed by atoms with Gasteiger partial charge in [0, 0.05) is 13.0 Å². The molecule has 0 fully saturated rings. The van der Waals surface area contributed by atoms with Gasteiger partial charge in [-0.3, -0.25) is 0 Å². The molecule has 0 spiro atoms. The maximum atomic E-state index is 6.94. The number of hydrogen-bond donors (Lipinski definition) is 0. The number of benzene rings is 2. The van der Waals surface area contributed by atoms with E-state index in [1.165, 1.54) is 0 Å². The van der Waals surface area contributed by atoms with Crippen LogP contribution >= 0.6 is 11.1 Å². The highest BCUT2D eigenvalue weighted by atomic mass is 35.6. The highest BCUT2D eigenvalue weighted by Crippen LogP contribution is 2.13. The summed E-state index contributed by atoms with van der Waals surface area (Å²) >= 11 is 6.94. The first-order valence-electron chi connectivity index (χ1n) is 6.61. The van der Waals surface area contributed by atoms with Gasteiger partial charge in [-0.2, -0.15) is 0 Å². The van der Waals surface area contributed by atoms with E-state index in [4.69, 9.17) is 15.5 Å². The Morgan fingerprint density at radius 1 is 0.950 bits per heavy atom. The lowest BCUT2D eigenvalue weighted by molar-refractivity contribution is 0.338. The molecular weight excluding hydrogens is 284 g/mol. The van der Waals surface area contributed by atoms with Crippen molar-refractivity contribution >= 4 is 29.1 Å². The summed E-state index contributed by atoms with van der Waals surface area (Å²) in [6.07, 6.45) is 0.706. The molecular formula is C17H17ClOSi. The van der Waals surface area contributed by atoms with Crippen molar-refractivity contribution in [1.29, 1.82) is 0 Å². The Hall–Kier alpha value is -1.53. The normalized spacial score (nSPS) is 10.7. The van der Waals surface area contributed by atoms with E-state index in [1.54, 1.807) is 0 Å². The third-order valence-electron chi connectivity index (χ3n) is 2.99. The van der Waals surface area contributed by atoms with Crippen molar-refractivity contribution in [1.82, 2.24) is 0 Å². The van der Waals surface area contributed by atoms with Crippen LogP contribution in [0.15, 0.2) is 60.7 Å². The highest BCUT2D eigenvalue weighted by Gasteiger charge is 2.37. The zero-order chi connectivity index (χ0) is 14.3. The van der Waals surface area contributed by atoms with Crippen LogP contribution in [-0.2, 0) is 4.43 Å². The molecule has 0 atom stereocenters. The summed E-state index contributed by atoms with van der Waals surface area (Å²) in [6.45, 7) is 2.39. The molecule has 2 aromatic carbocycles. The van der Waals surface area contributed by atoms with E-state index in [9.17, 15) is 0 Å². The lowest BCUT2D eigenvalue weighted by atomic mass is 10.4. The third-order valence-corrected chi connectivity index (χ3v) is 7.39. The molecule has 0 aliphatic carbocycles. The summed E-state index contributed by atoms with van der Waals surface area (Å²) in [4.78, 5) is 0. The SMILES string of the molecule is CC#CCCO[Si](Cl)(c1ccccc1)c1ccccc1. The molecule has 0 aliphatic rings. The predicted molar refractivity (Wildman–Crippen MR) is 87.8 cm³/mol. The quantitative estimate of drug-likeness (QED) is 0.357. The topological polar surface area (TPSA) is 9.23 Å². The molecule has 0 aliphatic heterocycles.